The van der Waals surface area contributed by atoms with Crippen molar-refractivity contribution in [3.63, 3.8) is 0 Å². The fourth-order valence-corrected chi connectivity index (χ4v) is 8.19. The van der Waals surface area contributed by atoms with Crippen LogP contribution in [0.1, 0.15) is 278 Å². The van der Waals surface area contributed by atoms with Crippen molar-refractivity contribution < 1.29 is 28.6 Å². The van der Waals surface area contributed by atoms with Crippen LogP contribution in [0.2, 0.25) is 0 Å². The molecule has 0 fully saturated rings. The fraction of sp³-hybridized carbons (Fsp3) is 0.708. The van der Waals surface area contributed by atoms with E-state index in [9.17, 15) is 14.4 Å². The Bertz CT molecular complexity index is 1410. The highest BCUT2D eigenvalue weighted by molar-refractivity contribution is 5.71. The fourth-order valence-electron chi connectivity index (χ4n) is 8.19. The zero-order chi connectivity index (χ0) is 51.4. The highest BCUT2D eigenvalue weighted by Crippen LogP contribution is 2.16. The van der Waals surface area contributed by atoms with Crippen LogP contribution in [0.3, 0.4) is 0 Å². The van der Waals surface area contributed by atoms with Gasteiger partial charge in [0.2, 0.25) is 0 Å². The number of hydrogen-bond acceptors (Lipinski definition) is 6. The Labute approximate surface area is 438 Å². The van der Waals surface area contributed by atoms with Crippen molar-refractivity contribution in [3.8, 4) is 0 Å². The summed E-state index contributed by atoms with van der Waals surface area (Å²) >= 11 is 0. The van der Waals surface area contributed by atoms with Crippen LogP contribution in [0.25, 0.3) is 0 Å². The van der Waals surface area contributed by atoms with Gasteiger partial charge in [0.05, 0.1) is 0 Å². The monoisotopic (exact) mass is 987 g/mol. The van der Waals surface area contributed by atoms with Crippen molar-refractivity contribution in [2.45, 2.75) is 284 Å². The molecule has 0 aromatic carbocycles. The molecule has 0 aromatic heterocycles. The number of carbonyl (C=O) groups excluding carboxylic acids is 3. The molecule has 6 heteroatoms. The molecule has 0 aliphatic carbocycles. The maximum Gasteiger partial charge on any atom is 0.306 e. The number of hydrogen-bond donors (Lipinski definition) is 0. The topological polar surface area (TPSA) is 78.9 Å². The smallest absolute Gasteiger partial charge is 0.306 e. The summed E-state index contributed by atoms with van der Waals surface area (Å²) in [6, 6.07) is 0. The van der Waals surface area contributed by atoms with Crippen LogP contribution in [-0.2, 0) is 28.6 Å². The first-order valence-corrected chi connectivity index (χ1v) is 29.7. The van der Waals surface area contributed by atoms with Crippen LogP contribution >= 0.6 is 0 Å². The average Bonchev–Trinajstić information content (AvgIpc) is 3.37. The molecule has 71 heavy (non-hydrogen) atoms. The molecule has 0 aromatic rings. The molecule has 0 N–H and O–H groups in total. The van der Waals surface area contributed by atoms with Crippen molar-refractivity contribution in [2.75, 3.05) is 13.2 Å². The zero-order valence-corrected chi connectivity index (χ0v) is 46.5. The lowest BCUT2D eigenvalue weighted by atomic mass is 10.0. The Balaban J connectivity index is 4.44. The van der Waals surface area contributed by atoms with Gasteiger partial charge in [0.1, 0.15) is 13.2 Å². The van der Waals surface area contributed by atoms with Gasteiger partial charge in [-0.15, -0.1) is 0 Å². The van der Waals surface area contributed by atoms with Gasteiger partial charge in [-0.1, -0.05) is 259 Å². The van der Waals surface area contributed by atoms with Crippen molar-refractivity contribution in [2.24, 2.45) is 0 Å². The van der Waals surface area contributed by atoms with E-state index in [1.807, 2.05) is 0 Å². The SMILES string of the molecule is CC/C=C/C/C=C/C/C=C/C/C=C/C/C=C/CCCCCC(=O)OC[C@@H](COC(=O)CCCCCCC/C=C/C/C=C/C/C=C/CC)OC(=O)CCCCCCCCCCCCCCCCCCCCC. The predicted octanol–water partition coefficient (Wildman–Crippen LogP) is 20.1. The van der Waals surface area contributed by atoms with Gasteiger partial charge in [-0.3, -0.25) is 14.4 Å². The maximum absolute atomic E-state index is 12.9. The zero-order valence-electron chi connectivity index (χ0n) is 46.5. The Kier molecular flexibility index (Phi) is 55.9. The van der Waals surface area contributed by atoms with Gasteiger partial charge < -0.3 is 14.2 Å². The predicted molar refractivity (Wildman–Crippen MR) is 307 cm³/mol. The first-order chi connectivity index (χ1) is 35.0. The number of carbonyl (C=O) groups is 3. The third-order valence-electron chi connectivity index (χ3n) is 12.6. The van der Waals surface area contributed by atoms with E-state index in [2.05, 4.69) is 118 Å². The Morgan fingerprint density at radius 1 is 0.296 bits per heavy atom. The lowest BCUT2D eigenvalue weighted by Crippen LogP contribution is -2.30. The summed E-state index contributed by atoms with van der Waals surface area (Å²) in [6.45, 7) is 6.39. The van der Waals surface area contributed by atoms with E-state index in [0.717, 1.165) is 135 Å². The third kappa shape index (κ3) is 57.1. The van der Waals surface area contributed by atoms with Crippen molar-refractivity contribution in [1.29, 1.82) is 0 Å². The molecule has 0 aliphatic heterocycles. The molecular weight excluding hydrogens is 877 g/mol. The van der Waals surface area contributed by atoms with E-state index in [1.165, 1.54) is 103 Å². The Morgan fingerprint density at radius 2 is 0.549 bits per heavy atom. The number of rotatable bonds is 53. The van der Waals surface area contributed by atoms with Crippen molar-refractivity contribution in [1.82, 2.24) is 0 Å². The molecule has 0 amide bonds. The van der Waals surface area contributed by atoms with E-state index in [0.29, 0.717) is 19.3 Å². The summed E-state index contributed by atoms with van der Waals surface area (Å²) in [4.78, 5) is 38.2. The highest BCUT2D eigenvalue weighted by Gasteiger charge is 2.19. The number of allylic oxidation sites excluding steroid dienone is 16. The summed E-state index contributed by atoms with van der Waals surface area (Å²) in [7, 11) is 0. The lowest BCUT2D eigenvalue weighted by molar-refractivity contribution is -0.167. The molecule has 0 rings (SSSR count). The Hall–Kier alpha value is -3.67. The van der Waals surface area contributed by atoms with Crippen molar-refractivity contribution in [3.05, 3.63) is 97.2 Å². The minimum absolute atomic E-state index is 0.0960. The lowest BCUT2D eigenvalue weighted by Gasteiger charge is -2.18. The molecule has 1 atom stereocenters. The first-order valence-electron chi connectivity index (χ1n) is 29.7. The quantitative estimate of drug-likeness (QED) is 0.0261. The molecule has 0 spiro atoms. The molecule has 6 nitrogen and oxygen atoms in total. The van der Waals surface area contributed by atoms with E-state index in [-0.39, 0.29) is 31.1 Å². The number of ether oxygens (including phenoxy) is 3. The van der Waals surface area contributed by atoms with Gasteiger partial charge in [-0.2, -0.15) is 0 Å². The Morgan fingerprint density at radius 3 is 0.873 bits per heavy atom. The second kappa shape index (κ2) is 58.9. The van der Waals surface area contributed by atoms with Crippen LogP contribution in [0, 0.1) is 0 Å². The van der Waals surface area contributed by atoms with Gasteiger partial charge in [-0.05, 0) is 96.3 Å². The molecule has 0 bridgehead atoms. The molecule has 0 aliphatic rings. The van der Waals surface area contributed by atoms with Gasteiger partial charge in [-0.25, -0.2) is 0 Å². The molecular formula is C65H110O6. The van der Waals surface area contributed by atoms with E-state index in [4.69, 9.17) is 14.2 Å². The largest absolute Gasteiger partial charge is 0.462 e. The second-order valence-corrected chi connectivity index (χ2v) is 19.5. The van der Waals surface area contributed by atoms with Crippen LogP contribution < -0.4 is 0 Å². The van der Waals surface area contributed by atoms with Gasteiger partial charge >= 0.3 is 17.9 Å². The third-order valence-corrected chi connectivity index (χ3v) is 12.6. The van der Waals surface area contributed by atoms with E-state index >= 15 is 0 Å². The minimum atomic E-state index is -0.799. The van der Waals surface area contributed by atoms with Crippen LogP contribution in [0.4, 0.5) is 0 Å². The summed E-state index contributed by atoms with van der Waals surface area (Å²) in [5.74, 6) is -0.936. The normalized spacial score (nSPS) is 12.8. The van der Waals surface area contributed by atoms with E-state index in [1.54, 1.807) is 0 Å². The van der Waals surface area contributed by atoms with Gasteiger partial charge in [0.25, 0.3) is 0 Å². The van der Waals surface area contributed by atoms with Crippen molar-refractivity contribution >= 4 is 17.9 Å². The average molecular weight is 988 g/mol. The highest BCUT2D eigenvalue weighted by atomic mass is 16.6. The molecule has 0 heterocycles. The summed E-state index contributed by atoms with van der Waals surface area (Å²) in [6.07, 6.45) is 78.3. The van der Waals surface area contributed by atoms with E-state index < -0.39 is 6.10 Å². The second-order valence-electron chi connectivity index (χ2n) is 19.5. The minimum Gasteiger partial charge on any atom is -0.462 e. The van der Waals surface area contributed by atoms with Gasteiger partial charge in [0.15, 0.2) is 6.10 Å². The molecule has 0 saturated carbocycles. The van der Waals surface area contributed by atoms with Gasteiger partial charge in [0, 0.05) is 19.3 Å². The first kappa shape index (κ1) is 67.3. The number of unbranched alkanes of at least 4 members (excludes halogenated alkanes) is 26. The standard InChI is InChI=1S/C65H110O6/c1-4-7-10-13-16-19-22-25-28-30-32-34-37-40-43-46-49-52-55-58-64(67)70-61-62(60-69-63(66)57-54-51-48-45-42-39-36-27-24-21-18-15-12-9-6-3)71-65(68)59-56-53-50-47-44-41-38-35-33-31-29-26-23-20-17-14-11-8-5-2/h7,9-10,12,16,18-19,21,25,27-28,32,34,36,40,43,62H,4-6,8,11,13-15,17,20,22-24,26,29-31,33,35,37-39,41-42,44-61H2,1-3H3/b10-7+,12-9+,19-16+,21-18+,28-25+,34-32+,36-27+,43-40+/t62-/m1/s1. The summed E-state index contributed by atoms with van der Waals surface area (Å²) < 4.78 is 16.9. The molecule has 406 valence electrons. The molecule has 0 unspecified atom stereocenters. The maximum atomic E-state index is 12.9. The summed E-state index contributed by atoms with van der Waals surface area (Å²) in [5, 5.41) is 0. The van der Waals surface area contributed by atoms with Crippen LogP contribution in [0.5, 0.6) is 0 Å². The number of esters is 3. The van der Waals surface area contributed by atoms with Crippen LogP contribution in [-0.4, -0.2) is 37.2 Å². The molecule has 0 radical (unpaired) electrons. The van der Waals surface area contributed by atoms with Crippen LogP contribution in [0.15, 0.2) is 97.2 Å². The molecule has 0 saturated heterocycles. The summed E-state index contributed by atoms with van der Waals surface area (Å²) in [5.41, 5.74) is 0.